The number of morpholine rings is 1. The van der Waals surface area contributed by atoms with Crippen molar-refractivity contribution in [3.63, 3.8) is 0 Å². The third kappa shape index (κ3) is 6.92. The van der Waals surface area contributed by atoms with Crippen LogP contribution >= 0.6 is 35.6 Å². The molecule has 152 valence electrons. The third-order valence-electron chi connectivity index (χ3n) is 4.41. The second kappa shape index (κ2) is 11.9. The summed E-state index contributed by atoms with van der Waals surface area (Å²) in [6.07, 6.45) is 4.09. The molecule has 1 N–H and O–H groups in total. The molecule has 1 aromatic rings. The van der Waals surface area contributed by atoms with Crippen LogP contribution in [0.25, 0.3) is 0 Å². The van der Waals surface area contributed by atoms with Gasteiger partial charge in [0.2, 0.25) is 5.88 Å². The lowest BCUT2D eigenvalue weighted by atomic mass is 10.1. The molecular weight excluding hydrogens is 483 g/mol. The van der Waals surface area contributed by atoms with Crippen molar-refractivity contribution >= 4 is 41.5 Å². The third-order valence-corrected chi connectivity index (χ3v) is 4.63. The first-order valence-electron chi connectivity index (χ1n) is 9.27. The van der Waals surface area contributed by atoms with Crippen LogP contribution in [-0.2, 0) is 9.47 Å². The molecule has 0 aromatic carbocycles. The topological polar surface area (TPSA) is 68.2 Å². The van der Waals surface area contributed by atoms with Gasteiger partial charge in [0, 0.05) is 38.5 Å². The number of halogens is 2. The standard InChI is InChI=1S/C18H27ClN4O3.HI/c1-2-20-18(21-7-10-26-17-6-5-14(19)12-22-17)23-8-11-25-16(13-23)15-4-3-9-24-15;/h5-6,12,15-16H,2-4,7-11,13H2,1H3,(H,20,21);1H. The van der Waals surface area contributed by atoms with Crippen molar-refractivity contribution in [3.05, 3.63) is 23.4 Å². The summed E-state index contributed by atoms with van der Waals surface area (Å²) in [5, 5.41) is 3.96. The second-order valence-electron chi connectivity index (χ2n) is 6.31. The smallest absolute Gasteiger partial charge is 0.213 e. The average molecular weight is 511 g/mol. The molecular formula is C18H28ClIN4O3. The predicted octanol–water partition coefficient (Wildman–Crippen LogP) is 2.58. The quantitative estimate of drug-likeness (QED) is 0.275. The molecule has 3 rings (SSSR count). The van der Waals surface area contributed by atoms with E-state index in [1.807, 2.05) is 0 Å². The van der Waals surface area contributed by atoms with Crippen LogP contribution in [0.3, 0.4) is 0 Å². The molecule has 0 aliphatic carbocycles. The summed E-state index contributed by atoms with van der Waals surface area (Å²) in [5.41, 5.74) is 0. The van der Waals surface area contributed by atoms with Gasteiger partial charge >= 0.3 is 0 Å². The van der Waals surface area contributed by atoms with Crippen LogP contribution in [0.4, 0.5) is 0 Å². The predicted molar refractivity (Wildman–Crippen MR) is 116 cm³/mol. The minimum Gasteiger partial charge on any atom is -0.476 e. The van der Waals surface area contributed by atoms with Crippen molar-refractivity contribution in [3.8, 4) is 5.88 Å². The van der Waals surface area contributed by atoms with E-state index in [9.17, 15) is 0 Å². The molecule has 7 nitrogen and oxygen atoms in total. The first kappa shape index (κ1) is 22.4. The number of aliphatic imine (C=N–C) groups is 1. The van der Waals surface area contributed by atoms with Gasteiger partial charge in [-0.3, -0.25) is 0 Å². The SMILES string of the molecule is CCNC(=NCCOc1ccc(Cl)cn1)N1CCOC(C2CCCO2)C1.I. The number of nitrogens with zero attached hydrogens (tertiary/aromatic N) is 3. The van der Waals surface area contributed by atoms with Crippen LogP contribution in [0, 0.1) is 0 Å². The number of ether oxygens (including phenoxy) is 3. The number of nitrogens with one attached hydrogen (secondary N) is 1. The van der Waals surface area contributed by atoms with Crippen LogP contribution in [0.2, 0.25) is 5.02 Å². The summed E-state index contributed by atoms with van der Waals surface area (Å²) in [6.45, 7) is 7.07. The lowest BCUT2D eigenvalue weighted by Gasteiger charge is -2.37. The number of hydrogen-bond acceptors (Lipinski definition) is 5. The fraction of sp³-hybridized carbons (Fsp3) is 0.667. The lowest BCUT2D eigenvalue weighted by Crippen LogP contribution is -2.53. The molecule has 0 saturated carbocycles. The maximum Gasteiger partial charge on any atom is 0.213 e. The highest BCUT2D eigenvalue weighted by atomic mass is 127. The summed E-state index contributed by atoms with van der Waals surface area (Å²) in [4.78, 5) is 11.1. The summed E-state index contributed by atoms with van der Waals surface area (Å²) in [6, 6.07) is 3.52. The highest BCUT2D eigenvalue weighted by Crippen LogP contribution is 2.21. The number of rotatable bonds is 6. The van der Waals surface area contributed by atoms with E-state index in [-0.39, 0.29) is 36.2 Å². The number of aromatic nitrogens is 1. The first-order chi connectivity index (χ1) is 12.8. The van der Waals surface area contributed by atoms with Crippen LogP contribution in [0.15, 0.2) is 23.3 Å². The van der Waals surface area contributed by atoms with Crippen molar-refractivity contribution < 1.29 is 14.2 Å². The van der Waals surface area contributed by atoms with Crippen LogP contribution in [-0.4, -0.2) is 74.1 Å². The molecule has 3 heterocycles. The van der Waals surface area contributed by atoms with Gasteiger partial charge in [-0.05, 0) is 25.8 Å². The fourth-order valence-electron chi connectivity index (χ4n) is 3.16. The first-order valence-corrected chi connectivity index (χ1v) is 9.65. The molecule has 2 aliphatic heterocycles. The van der Waals surface area contributed by atoms with Gasteiger partial charge in [-0.1, -0.05) is 11.6 Å². The lowest BCUT2D eigenvalue weighted by molar-refractivity contribution is -0.0817. The van der Waals surface area contributed by atoms with Gasteiger partial charge in [-0.2, -0.15) is 0 Å². The van der Waals surface area contributed by atoms with Crippen molar-refractivity contribution in [1.82, 2.24) is 15.2 Å². The van der Waals surface area contributed by atoms with Gasteiger partial charge in [0.05, 0.1) is 24.3 Å². The molecule has 2 unspecified atom stereocenters. The van der Waals surface area contributed by atoms with Gasteiger partial charge in [0.15, 0.2) is 5.96 Å². The Balaban J connectivity index is 0.00000261. The maximum absolute atomic E-state index is 5.92. The molecule has 0 bridgehead atoms. The van der Waals surface area contributed by atoms with Crippen LogP contribution < -0.4 is 10.1 Å². The Morgan fingerprint density at radius 2 is 2.22 bits per heavy atom. The van der Waals surface area contributed by atoms with Gasteiger partial charge in [-0.25, -0.2) is 9.98 Å². The van der Waals surface area contributed by atoms with Gasteiger partial charge in [-0.15, -0.1) is 24.0 Å². The van der Waals surface area contributed by atoms with Gasteiger partial charge in [0.1, 0.15) is 12.7 Å². The largest absolute Gasteiger partial charge is 0.476 e. The monoisotopic (exact) mass is 510 g/mol. The zero-order valence-corrected chi connectivity index (χ0v) is 18.7. The molecule has 2 saturated heterocycles. The van der Waals surface area contributed by atoms with E-state index >= 15 is 0 Å². The summed E-state index contributed by atoms with van der Waals surface area (Å²) in [5.74, 6) is 1.45. The number of pyridine rings is 1. The minimum absolute atomic E-state index is 0. The highest BCUT2D eigenvalue weighted by Gasteiger charge is 2.32. The number of guanidine groups is 1. The molecule has 2 atom stereocenters. The maximum atomic E-state index is 5.92. The Kier molecular flexibility index (Phi) is 9.88. The van der Waals surface area contributed by atoms with E-state index in [2.05, 4.69) is 27.1 Å². The minimum atomic E-state index is 0. The molecule has 0 spiro atoms. The molecule has 27 heavy (non-hydrogen) atoms. The average Bonchev–Trinajstić information content (AvgIpc) is 3.21. The van der Waals surface area contributed by atoms with E-state index in [4.69, 9.17) is 25.8 Å². The number of hydrogen-bond donors (Lipinski definition) is 1. The Hall–Kier alpha value is -0.840. The van der Waals surface area contributed by atoms with Crippen molar-refractivity contribution in [2.75, 3.05) is 46.0 Å². The van der Waals surface area contributed by atoms with E-state index in [1.54, 1.807) is 18.3 Å². The van der Waals surface area contributed by atoms with E-state index in [1.165, 1.54) is 0 Å². The van der Waals surface area contributed by atoms with E-state index in [0.717, 1.165) is 45.0 Å². The van der Waals surface area contributed by atoms with Crippen molar-refractivity contribution in [2.24, 2.45) is 4.99 Å². The molecule has 2 fully saturated rings. The van der Waals surface area contributed by atoms with Crippen LogP contribution in [0.1, 0.15) is 19.8 Å². The Morgan fingerprint density at radius 3 is 2.93 bits per heavy atom. The normalized spacial score (nSPS) is 23.0. The zero-order chi connectivity index (χ0) is 18.2. The Bertz CT molecular complexity index is 584. The Labute approximate surface area is 182 Å². The molecule has 9 heteroatoms. The summed E-state index contributed by atoms with van der Waals surface area (Å²) in [7, 11) is 0. The van der Waals surface area contributed by atoms with Crippen molar-refractivity contribution in [2.45, 2.75) is 32.0 Å². The molecule has 0 amide bonds. The van der Waals surface area contributed by atoms with E-state index < -0.39 is 0 Å². The molecule has 2 aliphatic rings. The van der Waals surface area contributed by atoms with Gasteiger partial charge in [0.25, 0.3) is 0 Å². The van der Waals surface area contributed by atoms with Crippen LogP contribution in [0.5, 0.6) is 5.88 Å². The highest BCUT2D eigenvalue weighted by molar-refractivity contribution is 14.0. The molecule has 0 radical (unpaired) electrons. The Morgan fingerprint density at radius 1 is 1.37 bits per heavy atom. The summed E-state index contributed by atoms with van der Waals surface area (Å²) < 4.78 is 17.3. The van der Waals surface area contributed by atoms with Gasteiger partial charge < -0.3 is 24.4 Å². The van der Waals surface area contributed by atoms with E-state index in [0.29, 0.717) is 30.7 Å². The zero-order valence-electron chi connectivity index (χ0n) is 15.6. The molecule has 1 aromatic heterocycles. The fourth-order valence-corrected chi connectivity index (χ4v) is 3.28. The van der Waals surface area contributed by atoms with Crippen molar-refractivity contribution in [1.29, 1.82) is 0 Å². The second-order valence-corrected chi connectivity index (χ2v) is 6.74. The summed E-state index contributed by atoms with van der Waals surface area (Å²) >= 11 is 5.82.